The molecule has 0 aliphatic carbocycles. The molecule has 17 heavy (non-hydrogen) atoms. The van der Waals surface area contributed by atoms with Crippen molar-refractivity contribution in [3.8, 4) is 0 Å². The second-order valence-electron chi connectivity index (χ2n) is 3.18. The summed E-state index contributed by atoms with van der Waals surface area (Å²) in [6, 6.07) is -1.26. The Labute approximate surface area is 96.8 Å². The summed E-state index contributed by atoms with van der Waals surface area (Å²) in [5.74, 6) is -3.46. The zero-order valence-electron chi connectivity index (χ0n) is 8.97. The summed E-state index contributed by atoms with van der Waals surface area (Å²) < 4.78 is 0. The van der Waals surface area contributed by atoms with Gasteiger partial charge in [0.2, 0.25) is 0 Å². The van der Waals surface area contributed by atoms with Crippen LogP contribution in [0.4, 0.5) is 0 Å². The van der Waals surface area contributed by atoms with Crippen molar-refractivity contribution in [1.29, 1.82) is 0 Å². The van der Waals surface area contributed by atoms with Crippen molar-refractivity contribution < 1.29 is 29.7 Å². The largest absolute Gasteiger partial charge is 0.481 e. The average Bonchev–Trinajstić information content (AvgIpc) is 2.20. The van der Waals surface area contributed by atoms with Crippen molar-refractivity contribution in [2.75, 3.05) is 6.54 Å². The predicted octanol–water partition coefficient (Wildman–Crippen LogP) is -1.62. The Morgan fingerprint density at radius 2 is 1.71 bits per heavy atom. The summed E-state index contributed by atoms with van der Waals surface area (Å²) in [6.45, 7) is 0.304. The smallest absolute Gasteiger partial charge is 0.322 e. The first-order valence-electron chi connectivity index (χ1n) is 4.83. The third kappa shape index (κ3) is 9.23. The van der Waals surface area contributed by atoms with E-state index in [0.717, 1.165) is 0 Å². The SMILES string of the molecule is O=C(O)CCCNNN[C@@H](CC(=O)O)C(=O)O. The summed E-state index contributed by atoms with van der Waals surface area (Å²) in [5, 5.41) is 25.4. The Bertz CT molecular complexity index is 282. The maximum Gasteiger partial charge on any atom is 0.322 e. The molecule has 0 saturated carbocycles. The molecule has 1 atom stereocenters. The van der Waals surface area contributed by atoms with Gasteiger partial charge in [-0.2, -0.15) is 5.53 Å². The van der Waals surface area contributed by atoms with Gasteiger partial charge in [0.05, 0.1) is 6.42 Å². The Balaban J connectivity index is 3.65. The van der Waals surface area contributed by atoms with Crippen LogP contribution in [-0.4, -0.2) is 45.8 Å². The Hall–Kier alpha value is -1.71. The van der Waals surface area contributed by atoms with Gasteiger partial charge in [0.25, 0.3) is 0 Å². The lowest BCUT2D eigenvalue weighted by molar-refractivity contribution is -0.146. The highest BCUT2D eigenvalue weighted by Gasteiger charge is 2.19. The van der Waals surface area contributed by atoms with Crippen LogP contribution in [0.2, 0.25) is 0 Å². The zero-order valence-corrected chi connectivity index (χ0v) is 8.97. The van der Waals surface area contributed by atoms with Crippen molar-refractivity contribution in [1.82, 2.24) is 16.4 Å². The molecule has 6 N–H and O–H groups in total. The first kappa shape index (κ1) is 15.3. The van der Waals surface area contributed by atoms with Gasteiger partial charge in [-0.1, -0.05) is 0 Å². The lowest BCUT2D eigenvalue weighted by Crippen LogP contribution is -2.52. The van der Waals surface area contributed by atoms with Crippen LogP contribution in [0.1, 0.15) is 19.3 Å². The molecule has 0 aromatic carbocycles. The molecule has 0 bridgehead atoms. The molecule has 0 amide bonds. The Kier molecular flexibility index (Phi) is 7.59. The van der Waals surface area contributed by atoms with Crippen molar-refractivity contribution in [3.05, 3.63) is 0 Å². The van der Waals surface area contributed by atoms with Crippen molar-refractivity contribution in [2.24, 2.45) is 0 Å². The lowest BCUT2D eigenvalue weighted by Gasteiger charge is -2.13. The number of hydrogen-bond donors (Lipinski definition) is 6. The van der Waals surface area contributed by atoms with E-state index in [9.17, 15) is 14.4 Å². The quantitative estimate of drug-likeness (QED) is 0.198. The second-order valence-corrected chi connectivity index (χ2v) is 3.18. The van der Waals surface area contributed by atoms with Gasteiger partial charge in [-0.25, -0.2) is 10.9 Å². The summed E-state index contributed by atoms with van der Waals surface area (Å²) in [7, 11) is 0. The maximum atomic E-state index is 10.6. The number of rotatable bonds is 10. The fourth-order valence-corrected chi connectivity index (χ4v) is 0.903. The molecule has 0 unspecified atom stereocenters. The molecule has 98 valence electrons. The number of carboxylic acids is 3. The molecule has 0 rings (SSSR count). The number of hydrazine groups is 2. The minimum Gasteiger partial charge on any atom is -0.481 e. The molecule has 0 saturated heterocycles. The minimum atomic E-state index is -1.30. The number of carbonyl (C=O) groups is 3. The molecule has 0 aliphatic heterocycles. The molecule has 0 fully saturated rings. The molecule has 9 nitrogen and oxygen atoms in total. The maximum absolute atomic E-state index is 10.6. The van der Waals surface area contributed by atoms with E-state index in [1.807, 2.05) is 0 Å². The molecule has 0 aliphatic rings. The van der Waals surface area contributed by atoms with E-state index in [1.54, 1.807) is 0 Å². The fourth-order valence-electron chi connectivity index (χ4n) is 0.903. The lowest BCUT2D eigenvalue weighted by atomic mass is 10.2. The summed E-state index contributed by atoms with van der Waals surface area (Å²) in [4.78, 5) is 31.0. The zero-order chi connectivity index (χ0) is 13.3. The normalized spacial score (nSPS) is 12.0. The Morgan fingerprint density at radius 1 is 1.06 bits per heavy atom. The third-order valence-electron chi connectivity index (χ3n) is 1.70. The fraction of sp³-hybridized carbons (Fsp3) is 0.625. The van der Waals surface area contributed by atoms with Crippen LogP contribution in [-0.2, 0) is 14.4 Å². The van der Waals surface area contributed by atoms with Crippen LogP contribution in [0.15, 0.2) is 0 Å². The van der Waals surface area contributed by atoms with Crippen molar-refractivity contribution >= 4 is 17.9 Å². The molecule has 0 heterocycles. The van der Waals surface area contributed by atoms with Gasteiger partial charge in [-0.3, -0.25) is 14.4 Å². The monoisotopic (exact) mass is 249 g/mol. The molecule has 0 spiro atoms. The van der Waals surface area contributed by atoms with Gasteiger partial charge in [0.15, 0.2) is 0 Å². The number of carboxylic acid groups (broad SMARTS) is 3. The van der Waals surface area contributed by atoms with Crippen LogP contribution in [0, 0.1) is 0 Å². The highest BCUT2D eigenvalue weighted by molar-refractivity contribution is 5.80. The van der Waals surface area contributed by atoms with Crippen LogP contribution >= 0.6 is 0 Å². The highest BCUT2D eigenvalue weighted by Crippen LogP contribution is 1.90. The summed E-state index contributed by atoms with van der Waals surface area (Å²) >= 11 is 0. The number of hydrogen-bond acceptors (Lipinski definition) is 6. The van der Waals surface area contributed by atoms with E-state index in [4.69, 9.17) is 15.3 Å². The topological polar surface area (TPSA) is 148 Å². The molecule has 0 radical (unpaired) electrons. The number of aliphatic carboxylic acids is 3. The predicted molar refractivity (Wildman–Crippen MR) is 54.8 cm³/mol. The van der Waals surface area contributed by atoms with Gasteiger partial charge in [-0.15, -0.1) is 0 Å². The van der Waals surface area contributed by atoms with Gasteiger partial charge in [0.1, 0.15) is 6.04 Å². The van der Waals surface area contributed by atoms with E-state index in [2.05, 4.69) is 16.4 Å². The highest BCUT2D eigenvalue weighted by atomic mass is 16.4. The summed E-state index contributed by atoms with van der Waals surface area (Å²) in [5.41, 5.74) is 7.08. The van der Waals surface area contributed by atoms with Gasteiger partial charge in [0, 0.05) is 13.0 Å². The molecule has 0 aromatic heterocycles. The minimum absolute atomic E-state index is 0.00777. The van der Waals surface area contributed by atoms with Crippen molar-refractivity contribution in [2.45, 2.75) is 25.3 Å². The van der Waals surface area contributed by atoms with E-state index in [0.29, 0.717) is 13.0 Å². The van der Waals surface area contributed by atoms with Gasteiger partial charge >= 0.3 is 17.9 Å². The van der Waals surface area contributed by atoms with Crippen LogP contribution in [0.5, 0.6) is 0 Å². The first-order valence-corrected chi connectivity index (χ1v) is 4.83. The van der Waals surface area contributed by atoms with E-state index in [-0.39, 0.29) is 6.42 Å². The molecule has 9 heteroatoms. The first-order chi connectivity index (χ1) is 7.93. The van der Waals surface area contributed by atoms with Crippen LogP contribution < -0.4 is 16.4 Å². The molecule has 0 aromatic rings. The van der Waals surface area contributed by atoms with E-state index < -0.39 is 30.4 Å². The van der Waals surface area contributed by atoms with Crippen LogP contribution in [0.25, 0.3) is 0 Å². The third-order valence-corrected chi connectivity index (χ3v) is 1.70. The molecular formula is C8H15N3O6. The van der Waals surface area contributed by atoms with Crippen molar-refractivity contribution in [3.63, 3.8) is 0 Å². The second kappa shape index (κ2) is 8.44. The Morgan fingerprint density at radius 3 is 2.18 bits per heavy atom. The summed E-state index contributed by atoms with van der Waals surface area (Å²) in [6.07, 6.45) is -0.216. The molecular weight excluding hydrogens is 234 g/mol. The van der Waals surface area contributed by atoms with E-state index in [1.165, 1.54) is 0 Å². The van der Waals surface area contributed by atoms with Gasteiger partial charge < -0.3 is 15.3 Å². The standard InChI is InChI=1S/C8H15N3O6/c12-6(13)2-1-3-9-11-10-5(8(16)17)4-7(14)15/h5,9-11H,1-4H2,(H,12,13)(H,14,15)(H,16,17)/t5-/m0/s1. The van der Waals surface area contributed by atoms with E-state index >= 15 is 0 Å². The van der Waals surface area contributed by atoms with Gasteiger partial charge in [-0.05, 0) is 6.42 Å². The number of nitrogens with one attached hydrogen (secondary N) is 3. The average molecular weight is 249 g/mol. The van der Waals surface area contributed by atoms with Crippen LogP contribution in [0.3, 0.4) is 0 Å².